The first-order valence-electron chi connectivity index (χ1n) is 11.1. The van der Waals surface area contributed by atoms with Gasteiger partial charge >= 0.3 is 0 Å². The van der Waals surface area contributed by atoms with Gasteiger partial charge in [-0.25, -0.2) is 0 Å². The highest BCUT2D eigenvalue weighted by Crippen LogP contribution is 2.29. The fourth-order valence-corrected chi connectivity index (χ4v) is 3.91. The number of benzene rings is 2. The third kappa shape index (κ3) is 6.03. The van der Waals surface area contributed by atoms with Crippen LogP contribution in [0.5, 0.6) is 5.75 Å². The summed E-state index contributed by atoms with van der Waals surface area (Å²) in [5.74, 6) is -1.81. The lowest BCUT2D eigenvalue weighted by atomic mass is 10.0. The summed E-state index contributed by atoms with van der Waals surface area (Å²) in [4.78, 5) is 62.9. The zero-order valence-electron chi connectivity index (χ0n) is 19.8. The first-order chi connectivity index (χ1) is 16.6. The number of aromatic hydroxyl groups is 1. The molecule has 3 rings (SSSR count). The summed E-state index contributed by atoms with van der Waals surface area (Å²) >= 11 is 0. The SMILES string of the molecule is CC(=O)C[C@@H](C=O)NC(=O)CN1C(=O)[C@@H](NC(=O)c2cc(C)c(O)c(C)c2)CNc2ccccc21. The number of phenols is 1. The highest BCUT2D eigenvalue weighted by Gasteiger charge is 2.33. The summed E-state index contributed by atoms with van der Waals surface area (Å²) in [5.41, 5.74) is 2.38. The molecule has 0 radical (unpaired) electrons. The van der Waals surface area contributed by atoms with Crippen molar-refractivity contribution in [3.8, 4) is 5.75 Å². The molecule has 0 fully saturated rings. The standard InChI is InChI=1S/C25H28N4O6/c1-14-8-17(9-15(2)23(14)33)24(34)28-20-11-26-19-6-4-5-7-21(19)29(25(20)35)12-22(32)27-18(13-30)10-16(3)31/h4-9,13,18,20,26,33H,10-12H2,1-3H3,(H,27,32)(H,28,34)/t18-,20-/m0/s1. The van der Waals surface area contributed by atoms with Crippen LogP contribution in [0.15, 0.2) is 36.4 Å². The van der Waals surface area contributed by atoms with Gasteiger partial charge in [0, 0.05) is 18.5 Å². The molecule has 0 saturated carbocycles. The van der Waals surface area contributed by atoms with Crippen molar-refractivity contribution < 1.29 is 29.1 Å². The van der Waals surface area contributed by atoms with Crippen molar-refractivity contribution in [3.05, 3.63) is 53.1 Å². The number of nitrogens with one attached hydrogen (secondary N) is 3. The van der Waals surface area contributed by atoms with E-state index in [0.29, 0.717) is 28.8 Å². The Morgan fingerprint density at radius 2 is 1.86 bits per heavy atom. The van der Waals surface area contributed by atoms with Crippen LogP contribution in [0.3, 0.4) is 0 Å². The summed E-state index contributed by atoms with van der Waals surface area (Å²) in [6, 6.07) is 7.95. The molecular formula is C25H28N4O6. The molecule has 1 aliphatic rings. The summed E-state index contributed by atoms with van der Waals surface area (Å²) in [6.07, 6.45) is 0.329. The molecule has 0 spiro atoms. The van der Waals surface area contributed by atoms with E-state index in [-0.39, 0.29) is 30.1 Å². The van der Waals surface area contributed by atoms with Crippen molar-refractivity contribution in [1.82, 2.24) is 10.6 Å². The van der Waals surface area contributed by atoms with Crippen molar-refractivity contribution in [2.24, 2.45) is 0 Å². The van der Waals surface area contributed by atoms with Gasteiger partial charge in [0.1, 0.15) is 30.4 Å². The van der Waals surface area contributed by atoms with Crippen LogP contribution in [0.4, 0.5) is 11.4 Å². The van der Waals surface area contributed by atoms with Gasteiger partial charge in [0.15, 0.2) is 0 Å². The third-order valence-corrected chi connectivity index (χ3v) is 5.63. The minimum absolute atomic E-state index is 0.0804. The molecule has 1 heterocycles. The number of amides is 3. The van der Waals surface area contributed by atoms with Gasteiger partial charge in [-0.2, -0.15) is 0 Å². The molecule has 2 aromatic rings. The largest absolute Gasteiger partial charge is 0.507 e. The molecule has 10 heteroatoms. The fraction of sp³-hybridized carbons (Fsp3) is 0.320. The zero-order valence-corrected chi connectivity index (χ0v) is 19.8. The second kappa shape index (κ2) is 10.8. The van der Waals surface area contributed by atoms with Gasteiger partial charge in [-0.05, 0) is 56.2 Å². The summed E-state index contributed by atoms with van der Waals surface area (Å²) in [6.45, 7) is 4.33. The highest BCUT2D eigenvalue weighted by molar-refractivity contribution is 6.07. The normalized spacial score (nSPS) is 15.8. The number of aryl methyl sites for hydroxylation is 2. The molecule has 184 valence electrons. The monoisotopic (exact) mass is 480 g/mol. The van der Waals surface area contributed by atoms with E-state index in [1.807, 2.05) is 0 Å². The van der Waals surface area contributed by atoms with E-state index in [9.17, 15) is 29.1 Å². The van der Waals surface area contributed by atoms with Crippen LogP contribution >= 0.6 is 0 Å². The molecule has 0 bridgehead atoms. The van der Waals surface area contributed by atoms with Gasteiger partial charge in [-0.3, -0.25) is 24.1 Å². The zero-order chi connectivity index (χ0) is 25.7. The number of hydrogen-bond donors (Lipinski definition) is 4. The topological polar surface area (TPSA) is 145 Å². The van der Waals surface area contributed by atoms with E-state index in [1.165, 1.54) is 24.0 Å². The second-order valence-electron chi connectivity index (χ2n) is 8.52. The number of nitrogens with zero attached hydrogens (tertiary/aromatic N) is 1. The molecule has 0 unspecified atom stereocenters. The summed E-state index contributed by atoms with van der Waals surface area (Å²) < 4.78 is 0. The number of fused-ring (bicyclic) bond motifs is 1. The van der Waals surface area contributed by atoms with Gasteiger partial charge in [0.05, 0.1) is 17.4 Å². The Morgan fingerprint density at radius 3 is 2.49 bits per heavy atom. The van der Waals surface area contributed by atoms with Crippen molar-refractivity contribution in [2.45, 2.75) is 39.3 Å². The maximum absolute atomic E-state index is 13.5. The molecule has 2 atom stereocenters. The Morgan fingerprint density at radius 1 is 1.20 bits per heavy atom. The lowest BCUT2D eigenvalue weighted by Crippen LogP contribution is -2.53. The van der Waals surface area contributed by atoms with Crippen LogP contribution < -0.4 is 20.9 Å². The number of Topliss-reactive ketones (excluding diaryl/α,β-unsaturated/α-hetero) is 1. The van der Waals surface area contributed by atoms with Gasteiger partial charge < -0.3 is 25.9 Å². The minimum atomic E-state index is -1.00. The molecule has 35 heavy (non-hydrogen) atoms. The molecule has 3 amide bonds. The summed E-state index contributed by atoms with van der Waals surface area (Å²) in [7, 11) is 0. The van der Waals surface area contributed by atoms with E-state index in [4.69, 9.17) is 0 Å². The lowest BCUT2D eigenvalue weighted by Gasteiger charge is -2.25. The molecule has 4 N–H and O–H groups in total. The first kappa shape index (κ1) is 25.4. The van der Waals surface area contributed by atoms with E-state index in [1.54, 1.807) is 38.1 Å². The molecule has 10 nitrogen and oxygen atoms in total. The predicted octanol–water partition coefficient (Wildman–Crippen LogP) is 1.23. The van der Waals surface area contributed by atoms with Crippen molar-refractivity contribution in [1.29, 1.82) is 0 Å². The number of anilines is 2. The van der Waals surface area contributed by atoms with E-state index < -0.39 is 36.3 Å². The third-order valence-electron chi connectivity index (χ3n) is 5.63. The maximum Gasteiger partial charge on any atom is 0.252 e. The molecule has 0 saturated heterocycles. The molecule has 0 aromatic heterocycles. The number of phenolic OH excluding ortho intramolecular Hbond substituents is 1. The minimum Gasteiger partial charge on any atom is -0.507 e. The molecule has 0 aliphatic carbocycles. The Kier molecular flexibility index (Phi) is 7.85. The Balaban J connectivity index is 1.83. The summed E-state index contributed by atoms with van der Waals surface area (Å²) in [5, 5.41) is 18.3. The number of rotatable bonds is 8. The number of aldehydes is 1. The van der Waals surface area contributed by atoms with Crippen LogP contribution in [0.2, 0.25) is 0 Å². The van der Waals surface area contributed by atoms with Crippen molar-refractivity contribution >= 4 is 41.2 Å². The van der Waals surface area contributed by atoms with Gasteiger partial charge in [-0.15, -0.1) is 0 Å². The predicted molar refractivity (Wildman–Crippen MR) is 129 cm³/mol. The lowest BCUT2D eigenvalue weighted by molar-refractivity contribution is -0.126. The van der Waals surface area contributed by atoms with Crippen LogP contribution in [0.1, 0.15) is 34.8 Å². The number of ketones is 1. The Labute approximate surface area is 202 Å². The second-order valence-corrected chi connectivity index (χ2v) is 8.52. The average Bonchev–Trinajstić information content (AvgIpc) is 2.93. The van der Waals surface area contributed by atoms with E-state index in [2.05, 4.69) is 16.0 Å². The molecule has 2 aromatic carbocycles. The fourth-order valence-electron chi connectivity index (χ4n) is 3.91. The van der Waals surface area contributed by atoms with E-state index >= 15 is 0 Å². The van der Waals surface area contributed by atoms with Crippen molar-refractivity contribution in [3.63, 3.8) is 0 Å². The van der Waals surface area contributed by atoms with Gasteiger partial charge in [0.25, 0.3) is 11.8 Å². The number of para-hydroxylation sites is 2. The average molecular weight is 481 g/mol. The van der Waals surface area contributed by atoms with Crippen molar-refractivity contribution in [2.75, 3.05) is 23.3 Å². The highest BCUT2D eigenvalue weighted by atomic mass is 16.3. The maximum atomic E-state index is 13.5. The van der Waals surface area contributed by atoms with Gasteiger partial charge in [0.2, 0.25) is 5.91 Å². The Bertz CT molecular complexity index is 1160. The number of carbonyl (C=O) groups is 5. The van der Waals surface area contributed by atoms with Crippen LogP contribution in [-0.2, 0) is 19.2 Å². The molecule has 1 aliphatic heterocycles. The van der Waals surface area contributed by atoms with Crippen LogP contribution in [0, 0.1) is 13.8 Å². The first-order valence-corrected chi connectivity index (χ1v) is 11.1. The number of hydrogen-bond acceptors (Lipinski definition) is 7. The van der Waals surface area contributed by atoms with Gasteiger partial charge in [-0.1, -0.05) is 12.1 Å². The van der Waals surface area contributed by atoms with E-state index in [0.717, 1.165) is 0 Å². The quantitative estimate of drug-likeness (QED) is 0.416. The van der Waals surface area contributed by atoms with Crippen LogP contribution in [0.25, 0.3) is 0 Å². The smallest absolute Gasteiger partial charge is 0.252 e. The molecular weight excluding hydrogens is 452 g/mol. The number of carbonyl (C=O) groups excluding carboxylic acids is 5. The Hall–Kier alpha value is -4.21. The van der Waals surface area contributed by atoms with Crippen LogP contribution in [-0.4, -0.2) is 60.1 Å².